The number of amides is 2. The maximum Gasteiger partial charge on any atom is 0.268 e. The molecule has 0 bridgehead atoms. The molecule has 4 aromatic heterocycles. The van der Waals surface area contributed by atoms with E-state index >= 15 is 0 Å². The fourth-order valence-corrected chi connectivity index (χ4v) is 4.14. The van der Waals surface area contributed by atoms with Crippen LogP contribution in [-0.2, 0) is 4.79 Å². The van der Waals surface area contributed by atoms with Crippen LogP contribution in [0.2, 0.25) is 0 Å². The van der Waals surface area contributed by atoms with Gasteiger partial charge in [-0.2, -0.15) is 0 Å². The number of nitrogens with zero attached hydrogens (tertiary/aromatic N) is 4. The van der Waals surface area contributed by atoms with Gasteiger partial charge < -0.3 is 15.0 Å². The second-order valence-electron chi connectivity index (χ2n) is 6.74. The van der Waals surface area contributed by atoms with Gasteiger partial charge in [0.1, 0.15) is 5.82 Å². The summed E-state index contributed by atoms with van der Waals surface area (Å²) in [6.07, 6.45) is 6.77. The van der Waals surface area contributed by atoms with Gasteiger partial charge in [0, 0.05) is 61.3 Å². The number of rotatable bonds is 5. The highest BCUT2D eigenvalue weighted by atomic mass is 32.1. The van der Waals surface area contributed by atoms with E-state index in [0.29, 0.717) is 22.3 Å². The van der Waals surface area contributed by atoms with E-state index in [1.54, 1.807) is 54.9 Å². The number of ether oxygens (including phenoxy) is 1. The third-order valence-electron chi connectivity index (χ3n) is 4.66. The zero-order valence-corrected chi connectivity index (χ0v) is 17.9. The van der Waals surface area contributed by atoms with Crippen LogP contribution in [-0.4, -0.2) is 40.9 Å². The van der Waals surface area contributed by atoms with Gasteiger partial charge in [0.2, 0.25) is 11.8 Å². The van der Waals surface area contributed by atoms with Crippen molar-refractivity contribution in [3.8, 4) is 17.0 Å². The topological polar surface area (TPSA) is 97.3 Å². The Labute approximate surface area is 182 Å². The van der Waals surface area contributed by atoms with Gasteiger partial charge in [0.25, 0.3) is 5.91 Å². The Kier molecular flexibility index (Phi) is 5.59. The number of pyridine rings is 3. The summed E-state index contributed by atoms with van der Waals surface area (Å²) in [6, 6.07) is 8.93. The van der Waals surface area contributed by atoms with Crippen molar-refractivity contribution in [2.45, 2.75) is 6.92 Å². The van der Waals surface area contributed by atoms with E-state index in [4.69, 9.17) is 4.74 Å². The lowest BCUT2D eigenvalue weighted by Crippen LogP contribution is -2.25. The molecule has 1 N–H and O–H groups in total. The van der Waals surface area contributed by atoms with Gasteiger partial charge in [0.15, 0.2) is 0 Å². The molecule has 156 valence electrons. The number of nitrogens with one attached hydrogen (secondary N) is 1. The number of thiophene rings is 1. The van der Waals surface area contributed by atoms with Crippen LogP contribution >= 0.6 is 11.3 Å². The lowest BCUT2D eigenvalue weighted by Gasteiger charge is -2.16. The first-order chi connectivity index (χ1) is 15.0. The van der Waals surface area contributed by atoms with Gasteiger partial charge >= 0.3 is 0 Å². The molecular formula is C22H19N5O3S. The zero-order chi connectivity index (χ0) is 22.0. The largest absolute Gasteiger partial charge is 0.481 e. The first-order valence-corrected chi connectivity index (χ1v) is 10.2. The van der Waals surface area contributed by atoms with E-state index in [-0.39, 0.29) is 11.8 Å². The number of anilines is 2. The average molecular weight is 433 g/mol. The number of hydrogen-bond donors (Lipinski definition) is 1. The van der Waals surface area contributed by atoms with Crippen molar-refractivity contribution < 1.29 is 14.3 Å². The number of aromatic nitrogens is 3. The highest BCUT2D eigenvalue weighted by Gasteiger charge is 2.19. The number of methoxy groups -OCH3 is 1. The van der Waals surface area contributed by atoms with Crippen molar-refractivity contribution in [2.24, 2.45) is 0 Å². The minimum atomic E-state index is -0.180. The molecule has 4 aromatic rings. The van der Waals surface area contributed by atoms with Gasteiger partial charge in [-0.3, -0.25) is 14.6 Å². The van der Waals surface area contributed by atoms with Crippen molar-refractivity contribution in [3.05, 3.63) is 60.0 Å². The van der Waals surface area contributed by atoms with E-state index in [2.05, 4.69) is 20.3 Å². The van der Waals surface area contributed by atoms with Gasteiger partial charge in [0.05, 0.1) is 22.4 Å². The van der Waals surface area contributed by atoms with Gasteiger partial charge in [-0.25, -0.2) is 9.97 Å². The Morgan fingerprint density at radius 3 is 2.65 bits per heavy atom. The molecule has 0 saturated heterocycles. The standard InChI is InChI=1S/C22H19N5O3S/c1-13(28)26-20-5-4-14(10-25-20)17-11-23-12-19-16(17)9-18(31-19)22(29)27(2)15-6-7-24-21(8-15)30-3/h4-12H,1-3H3,(H,25,26,28). The molecule has 31 heavy (non-hydrogen) atoms. The molecule has 0 atom stereocenters. The molecule has 4 heterocycles. The number of fused-ring (bicyclic) bond motifs is 1. The van der Waals surface area contributed by atoms with Crippen LogP contribution in [0.1, 0.15) is 16.6 Å². The van der Waals surface area contributed by atoms with Crippen LogP contribution in [0.5, 0.6) is 5.88 Å². The molecule has 8 nitrogen and oxygen atoms in total. The molecule has 0 spiro atoms. The zero-order valence-electron chi connectivity index (χ0n) is 17.1. The van der Waals surface area contributed by atoms with E-state index in [1.807, 2.05) is 12.1 Å². The summed E-state index contributed by atoms with van der Waals surface area (Å²) in [6.45, 7) is 1.43. The summed E-state index contributed by atoms with van der Waals surface area (Å²) < 4.78 is 6.04. The lowest BCUT2D eigenvalue weighted by molar-refractivity contribution is -0.114. The molecule has 0 fully saturated rings. The molecule has 0 aliphatic heterocycles. The molecule has 0 saturated carbocycles. The quantitative estimate of drug-likeness (QED) is 0.511. The summed E-state index contributed by atoms with van der Waals surface area (Å²) >= 11 is 1.38. The summed E-state index contributed by atoms with van der Waals surface area (Å²) in [4.78, 5) is 39.1. The molecule has 0 aromatic carbocycles. The number of carbonyl (C=O) groups is 2. The Bertz CT molecular complexity index is 1270. The van der Waals surface area contributed by atoms with E-state index in [0.717, 1.165) is 21.2 Å². The molecular weight excluding hydrogens is 414 g/mol. The number of carbonyl (C=O) groups excluding carboxylic acids is 2. The molecule has 9 heteroatoms. The van der Waals surface area contributed by atoms with Gasteiger partial charge in [-0.05, 0) is 24.3 Å². The highest BCUT2D eigenvalue weighted by molar-refractivity contribution is 7.21. The van der Waals surface area contributed by atoms with Crippen LogP contribution in [0, 0.1) is 0 Å². The fourth-order valence-electron chi connectivity index (χ4n) is 3.11. The maximum atomic E-state index is 13.1. The van der Waals surface area contributed by atoms with Crippen molar-refractivity contribution in [2.75, 3.05) is 24.4 Å². The molecule has 0 radical (unpaired) electrons. The third-order valence-corrected chi connectivity index (χ3v) is 5.71. The fraction of sp³-hybridized carbons (Fsp3) is 0.136. The highest BCUT2D eigenvalue weighted by Crippen LogP contribution is 2.34. The van der Waals surface area contributed by atoms with Crippen LogP contribution < -0.4 is 15.0 Å². The normalized spacial score (nSPS) is 10.7. The average Bonchev–Trinajstić information content (AvgIpc) is 3.23. The van der Waals surface area contributed by atoms with Crippen LogP contribution in [0.4, 0.5) is 11.5 Å². The Morgan fingerprint density at radius 1 is 1.10 bits per heavy atom. The minimum absolute atomic E-state index is 0.139. The summed E-state index contributed by atoms with van der Waals surface area (Å²) in [5.41, 5.74) is 2.39. The second kappa shape index (κ2) is 8.49. The van der Waals surface area contributed by atoms with Crippen LogP contribution in [0.25, 0.3) is 21.2 Å². The molecule has 2 amide bonds. The molecule has 0 unspecified atom stereocenters. The van der Waals surface area contributed by atoms with Crippen molar-refractivity contribution >= 4 is 44.7 Å². The number of hydrogen-bond acceptors (Lipinski definition) is 7. The molecule has 0 aliphatic carbocycles. The predicted octanol–water partition coefficient (Wildman–Crippen LogP) is 4.00. The first-order valence-electron chi connectivity index (χ1n) is 9.36. The monoisotopic (exact) mass is 433 g/mol. The summed E-state index contributed by atoms with van der Waals surface area (Å²) in [5.74, 6) is 0.600. The van der Waals surface area contributed by atoms with E-state index < -0.39 is 0 Å². The van der Waals surface area contributed by atoms with Gasteiger partial charge in [-0.1, -0.05) is 0 Å². The molecule has 4 rings (SSSR count). The second-order valence-corrected chi connectivity index (χ2v) is 7.83. The predicted molar refractivity (Wildman–Crippen MR) is 121 cm³/mol. The first kappa shape index (κ1) is 20.4. The van der Waals surface area contributed by atoms with Crippen molar-refractivity contribution in [1.82, 2.24) is 15.0 Å². The van der Waals surface area contributed by atoms with Crippen molar-refractivity contribution in [1.29, 1.82) is 0 Å². The third kappa shape index (κ3) is 4.22. The lowest BCUT2D eigenvalue weighted by atomic mass is 10.1. The van der Waals surface area contributed by atoms with Gasteiger partial charge in [-0.15, -0.1) is 11.3 Å². The van der Waals surface area contributed by atoms with E-state index in [1.165, 1.54) is 25.4 Å². The summed E-state index contributed by atoms with van der Waals surface area (Å²) in [7, 11) is 3.25. The molecule has 0 aliphatic rings. The van der Waals surface area contributed by atoms with E-state index in [9.17, 15) is 9.59 Å². The summed E-state index contributed by atoms with van der Waals surface area (Å²) in [5, 5.41) is 3.56. The van der Waals surface area contributed by atoms with Crippen molar-refractivity contribution in [3.63, 3.8) is 0 Å². The Balaban J connectivity index is 1.67. The SMILES string of the molecule is COc1cc(N(C)C(=O)c2cc3c(-c4ccc(NC(C)=O)nc4)cncc3s2)ccn1. The Hall–Kier alpha value is -3.85. The minimum Gasteiger partial charge on any atom is -0.481 e. The van der Waals surface area contributed by atoms with Crippen LogP contribution in [0.15, 0.2) is 55.1 Å². The maximum absolute atomic E-state index is 13.1. The Morgan fingerprint density at radius 2 is 1.94 bits per heavy atom. The smallest absolute Gasteiger partial charge is 0.268 e. The van der Waals surface area contributed by atoms with Crippen LogP contribution in [0.3, 0.4) is 0 Å².